The van der Waals surface area contributed by atoms with Gasteiger partial charge in [0.15, 0.2) is 0 Å². The van der Waals surface area contributed by atoms with E-state index in [1.54, 1.807) is 13.8 Å². The van der Waals surface area contributed by atoms with E-state index < -0.39 is 11.9 Å². The molecule has 1 amide bonds. The maximum Gasteiger partial charge on any atom is 0.336 e. The molecule has 0 saturated heterocycles. The van der Waals surface area contributed by atoms with Crippen LogP contribution in [0.5, 0.6) is 0 Å². The van der Waals surface area contributed by atoms with Gasteiger partial charge in [0.05, 0.1) is 11.1 Å². The zero-order chi connectivity index (χ0) is 10.9. The number of primary amides is 1. The minimum atomic E-state index is -1.14. The average Bonchev–Trinajstić information content (AvgIpc) is 2.08. The highest BCUT2D eigenvalue weighted by molar-refractivity contribution is 6.04. The van der Waals surface area contributed by atoms with Crippen LogP contribution in [0.1, 0.15) is 31.8 Å². The number of benzene rings is 1. The Balaban J connectivity index is 3.46. The summed E-state index contributed by atoms with van der Waals surface area (Å²) >= 11 is 0. The van der Waals surface area contributed by atoms with Crippen molar-refractivity contribution in [2.45, 2.75) is 13.8 Å². The third-order valence-electron chi connectivity index (χ3n) is 2.13. The molecular formula is C10H11NO3. The number of hydrogen-bond donors (Lipinski definition) is 2. The molecule has 1 aromatic rings. The van der Waals surface area contributed by atoms with Crippen LogP contribution < -0.4 is 5.73 Å². The van der Waals surface area contributed by atoms with Crippen molar-refractivity contribution in [3.63, 3.8) is 0 Å². The number of carbonyl (C=O) groups excluding carboxylic acids is 1. The SMILES string of the molecule is Cc1cc(C(N)=O)c(C(=O)O)cc1C. The lowest BCUT2D eigenvalue weighted by molar-refractivity contribution is 0.0692. The van der Waals surface area contributed by atoms with Gasteiger partial charge in [-0.15, -0.1) is 0 Å². The zero-order valence-corrected chi connectivity index (χ0v) is 8.00. The Morgan fingerprint density at radius 1 is 1.14 bits per heavy atom. The molecule has 0 heterocycles. The molecule has 74 valence electrons. The Hall–Kier alpha value is -1.84. The van der Waals surface area contributed by atoms with E-state index in [0.717, 1.165) is 11.1 Å². The van der Waals surface area contributed by atoms with Gasteiger partial charge in [-0.25, -0.2) is 4.79 Å². The van der Waals surface area contributed by atoms with Crippen LogP contribution in [0.15, 0.2) is 12.1 Å². The topological polar surface area (TPSA) is 80.4 Å². The number of rotatable bonds is 2. The molecule has 1 aromatic carbocycles. The summed E-state index contributed by atoms with van der Waals surface area (Å²) < 4.78 is 0. The summed E-state index contributed by atoms with van der Waals surface area (Å²) in [5.74, 6) is -1.85. The van der Waals surface area contributed by atoms with Gasteiger partial charge < -0.3 is 10.8 Å². The molecule has 0 bridgehead atoms. The zero-order valence-electron chi connectivity index (χ0n) is 8.00. The second-order valence-corrected chi connectivity index (χ2v) is 3.15. The van der Waals surface area contributed by atoms with Crippen LogP contribution in [-0.4, -0.2) is 17.0 Å². The van der Waals surface area contributed by atoms with Gasteiger partial charge in [0, 0.05) is 0 Å². The summed E-state index contributed by atoms with van der Waals surface area (Å²) in [5.41, 5.74) is 6.76. The molecule has 0 radical (unpaired) electrons. The Morgan fingerprint density at radius 2 is 1.57 bits per heavy atom. The Bertz CT molecular complexity index is 371. The lowest BCUT2D eigenvalue weighted by atomic mass is 9.99. The first kappa shape index (κ1) is 10.2. The van der Waals surface area contributed by atoms with E-state index in [-0.39, 0.29) is 11.1 Å². The minimum Gasteiger partial charge on any atom is -0.478 e. The van der Waals surface area contributed by atoms with Crippen LogP contribution in [-0.2, 0) is 0 Å². The van der Waals surface area contributed by atoms with E-state index in [4.69, 9.17) is 10.8 Å². The molecule has 0 atom stereocenters. The second-order valence-electron chi connectivity index (χ2n) is 3.15. The van der Waals surface area contributed by atoms with Crippen molar-refractivity contribution in [2.75, 3.05) is 0 Å². The molecule has 4 nitrogen and oxygen atoms in total. The van der Waals surface area contributed by atoms with Crippen molar-refractivity contribution in [3.8, 4) is 0 Å². The highest BCUT2D eigenvalue weighted by Crippen LogP contribution is 2.15. The van der Waals surface area contributed by atoms with Crippen LogP contribution in [0.25, 0.3) is 0 Å². The van der Waals surface area contributed by atoms with E-state index in [9.17, 15) is 9.59 Å². The number of amides is 1. The first-order valence-electron chi connectivity index (χ1n) is 4.08. The highest BCUT2D eigenvalue weighted by atomic mass is 16.4. The molecule has 14 heavy (non-hydrogen) atoms. The molecule has 0 aliphatic rings. The monoisotopic (exact) mass is 193 g/mol. The van der Waals surface area contributed by atoms with Crippen LogP contribution in [0, 0.1) is 13.8 Å². The molecule has 0 saturated carbocycles. The van der Waals surface area contributed by atoms with Gasteiger partial charge in [0.1, 0.15) is 0 Å². The molecule has 0 aromatic heterocycles. The Morgan fingerprint density at radius 3 is 1.93 bits per heavy atom. The number of hydrogen-bond acceptors (Lipinski definition) is 2. The fraction of sp³-hybridized carbons (Fsp3) is 0.200. The van der Waals surface area contributed by atoms with Gasteiger partial charge >= 0.3 is 5.97 Å². The maximum absolute atomic E-state index is 10.9. The minimum absolute atomic E-state index is 0.0411. The summed E-state index contributed by atoms with van der Waals surface area (Å²) in [6, 6.07) is 2.96. The quantitative estimate of drug-likeness (QED) is 0.738. The van der Waals surface area contributed by atoms with E-state index in [1.807, 2.05) is 0 Å². The normalized spacial score (nSPS) is 9.86. The molecule has 0 unspecified atom stereocenters. The van der Waals surface area contributed by atoms with Crippen LogP contribution in [0.4, 0.5) is 0 Å². The van der Waals surface area contributed by atoms with Gasteiger partial charge in [-0.1, -0.05) is 0 Å². The third kappa shape index (κ3) is 1.74. The lowest BCUT2D eigenvalue weighted by Crippen LogP contribution is -2.16. The molecule has 1 rings (SSSR count). The number of aryl methyl sites for hydroxylation is 2. The first-order chi connectivity index (χ1) is 6.43. The van der Waals surface area contributed by atoms with Gasteiger partial charge in [0.25, 0.3) is 0 Å². The number of nitrogens with two attached hydrogens (primary N) is 1. The number of carboxylic acids is 1. The molecule has 0 fully saturated rings. The van der Waals surface area contributed by atoms with E-state index >= 15 is 0 Å². The summed E-state index contributed by atoms with van der Waals surface area (Å²) in [6.45, 7) is 3.58. The molecule has 0 spiro atoms. The second kappa shape index (κ2) is 3.49. The van der Waals surface area contributed by atoms with Gasteiger partial charge in [0.2, 0.25) is 5.91 Å². The van der Waals surface area contributed by atoms with Crippen molar-refractivity contribution >= 4 is 11.9 Å². The fourth-order valence-electron chi connectivity index (χ4n) is 1.20. The summed E-state index contributed by atoms with van der Waals surface area (Å²) in [6.07, 6.45) is 0. The maximum atomic E-state index is 10.9. The smallest absolute Gasteiger partial charge is 0.336 e. The molecule has 3 N–H and O–H groups in total. The third-order valence-corrected chi connectivity index (χ3v) is 2.13. The first-order valence-corrected chi connectivity index (χ1v) is 4.08. The van der Waals surface area contributed by atoms with Crippen molar-refractivity contribution < 1.29 is 14.7 Å². The number of carbonyl (C=O) groups is 2. The lowest BCUT2D eigenvalue weighted by Gasteiger charge is -2.06. The van der Waals surface area contributed by atoms with Gasteiger partial charge in [-0.05, 0) is 37.1 Å². The predicted molar refractivity (Wildman–Crippen MR) is 51.4 cm³/mol. The van der Waals surface area contributed by atoms with Gasteiger partial charge in [-0.3, -0.25) is 4.79 Å². The van der Waals surface area contributed by atoms with E-state index in [0.29, 0.717) is 0 Å². The Kier molecular flexibility index (Phi) is 2.56. The Labute approximate surface area is 81.3 Å². The number of carboxylic acid groups (broad SMARTS) is 1. The fourth-order valence-corrected chi connectivity index (χ4v) is 1.20. The molecule has 0 aliphatic carbocycles. The van der Waals surface area contributed by atoms with Crippen LogP contribution in [0.3, 0.4) is 0 Å². The molecular weight excluding hydrogens is 182 g/mol. The van der Waals surface area contributed by atoms with Crippen molar-refractivity contribution in [1.29, 1.82) is 0 Å². The summed E-state index contributed by atoms with van der Waals surface area (Å²) in [7, 11) is 0. The highest BCUT2D eigenvalue weighted by Gasteiger charge is 2.15. The standard InChI is InChI=1S/C10H11NO3/c1-5-3-7(9(11)12)8(10(13)14)4-6(5)2/h3-4H,1-2H3,(H2,11,12)(H,13,14). The largest absolute Gasteiger partial charge is 0.478 e. The van der Waals surface area contributed by atoms with E-state index in [2.05, 4.69) is 0 Å². The van der Waals surface area contributed by atoms with Crippen LogP contribution >= 0.6 is 0 Å². The van der Waals surface area contributed by atoms with Crippen molar-refractivity contribution in [2.24, 2.45) is 5.73 Å². The number of aromatic carboxylic acids is 1. The van der Waals surface area contributed by atoms with Crippen LogP contribution in [0.2, 0.25) is 0 Å². The average molecular weight is 193 g/mol. The molecule has 0 aliphatic heterocycles. The van der Waals surface area contributed by atoms with Crippen molar-refractivity contribution in [3.05, 3.63) is 34.4 Å². The van der Waals surface area contributed by atoms with E-state index in [1.165, 1.54) is 12.1 Å². The van der Waals surface area contributed by atoms with Gasteiger partial charge in [-0.2, -0.15) is 0 Å². The van der Waals surface area contributed by atoms with Crippen molar-refractivity contribution in [1.82, 2.24) is 0 Å². The summed E-state index contributed by atoms with van der Waals surface area (Å²) in [4.78, 5) is 21.7. The predicted octanol–water partition coefficient (Wildman–Crippen LogP) is 1.10. The molecule has 4 heteroatoms. The summed E-state index contributed by atoms with van der Waals surface area (Å²) in [5, 5.41) is 8.82.